The van der Waals surface area contributed by atoms with Crippen LogP contribution in [0.1, 0.15) is 5.69 Å². The van der Waals surface area contributed by atoms with Gasteiger partial charge in [0, 0.05) is 21.0 Å². The number of benzene rings is 4. The zero-order valence-electron chi connectivity index (χ0n) is 18.2. The first kappa shape index (κ1) is 20.3. The molecule has 3 nitrogen and oxygen atoms in total. The smallest absolute Gasteiger partial charge is 0.141 e. The number of hydrogen-bond acceptors (Lipinski definition) is 4. The van der Waals surface area contributed by atoms with Gasteiger partial charge in [0.15, 0.2) is 0 Å². The Morgan fingerprint density at radius 3 is 2.03 bits per heavy atom. The van der Waals surface area contributed by atoms with E-state index >= 15 is 0 Å². The molecule has 0 radical (unpaired) electrons. The molecule has 4 aromatic carbocycles. The average molecular weight is 454 g/mol. The lowest BCUT2D eigenvalue weighted by Gasteiger charge is -2.33. The van der Waals surface area contributed by atoms with Crippen LogP contribution in [-0.2, 0) is 0 Å². The molecule has 1 aromatic heterocycles. The molecule has 0 saturated heterocycles. The number of pyridine rings is 1. The van der Waals surface area contributed by atoms with Gasteiger partial charge in [-0.2, -0.15) is 5.26 Å². The van der Waals surface area contributed by atoms with E-state index in [9.17, 15) is 5.26 Å². The molecule has 1 aliphatic rings. The number of nitriles is 1. The van der Waals surface area contributed by atoms with Crippen molar-refractivity contribution in [3.8, 4) is 28.5 Å². The normalized spacial score (nSPS) is 11.9. The Bertz CT molecular complexity index is 1520. The molecular formula is C30H19N3S. The van der Waals surface area contributed by atoms with E-state index in [4.69, 9.17) is 0 Å². The van der Waals surface area contributed by atoms with E-state index in [2.05, 4.69) is 101 Å². The Labute approximate surface area is 203 Å². The van der Waals surface area contributed by atoms with Crippen LogP contribution < -0.4 is 4.90 Å². The summed E-state index contributed by atoms with van der Waals surface area (Å²) in [5.41, 5.74) is 7.87. The highest BCUT2D eigenvalue weighted by atomic mass is 32.2. The Morgan fingerprint density at radius 2 is 1.29 bits per heavy atom. The second-order valence-corrected chi connectivity index (χ2v) is 9.07. The van der Waals surface area contributed by atoms with Crippen molar-refractivity contribution < 1.29 is 0 Å². The zero-order chi connectivity index (χ0) is 22.9. The van der Waals surface area contributed by atoms with Crippen LogP contribution in [-0.4, -0.2) is 4.98 Å². The first-order valence-electron chi connectivity index (χ1n) is 11.0. The molecule has 0 N–H and O–H groups in total. The Kier molecular flexibility index (Phi) is 5.10. The maximum atomic E-state index is 9.32. The fourth-order valence-electron chi connectivity index (χ4n) is 4.40. The maximum Gasteiger partial charge on any atom is 0.141 e. The van der Waals surface area contributed by atoms with Crippen LogP contribution in [0.5, 0.6) is 0 Å². The number of hydrogen-bond donors (Lipinski definition) is 0. The van der Waals surface area contributed by atoms with Gasteiger partial charge in [-0.1, -0.05) is 78.5 Å². The number of nitrogens with zero attached hydrogens (tertiary/aromatic N) is 3. The minimum atomic E-state index is 0.417. The molecule has 0 unspecified atom stereocenters. The van der Waals surface area contributed by atoms with Gasteiger partial charge in [-0.15, -0.1) is 0 Å². The first-order chi connectivity index (χ1) is 16.8. The maximum absolute atomic E-state index is 9.32. The predicted octanol–water partition coefficient (Wildman–Crippen LogP) is 8.22. The third-order valence-corrected chi connectivity index (χ3v) is 7.04. The van der Waals surface area contributed by atoms with Crippen molar-refractivity contribution in [3.63, 3.8) is 0 Å². The van der Waals surface area contributed by atoms with Crippen molar-refractivity contribution in [2.24, 2.45) is 0 Å². The van der Waals surface area contributed by atoms with E-state index in [1.165, 1.54) is 21.2 Å². The van der Waals surface area contributed by atoms with Crippen LogP contribution in [0.3, 0.4) is 0 Å². The number of rotatable bonds is 3. The summed E-state index contributed by atoms with van der Waals surface area (Å²) in [5.74, 6) is 0. The van der Waals surface area contributed by atoms with Gasteiger partial charge in [0.1, 0.15) is 11.8 Å². The molecule has 6 rings (SSSR count). The van der Waals surface area contributed by atoms with Gasteiger partial charge in [0.05, 0.1) is 17.1 Å². The number of para-hydroxylation sites is 2. The quantitative estimate of drug-likeness (QED) is 0.271. The van der Waals surface area contributed by atoms with Crippen molar-refractivity contribution in [2.75, 3.05) is 4.90 Å². The van der Waals surface area contributed by atoms with Gasteiger partial charge < -0.3 is 4.90 Å². The number of anilines is 3. The second-order valence-electron chi connectivity index (χ2n) is 7.99. The molecule has 0 atom stereocenters. The van der Waals surface area contributed by atoms with Crippen LogP contribution in [0.15, 0.2) is 125 Å². The van der Waals surface area contributed by atoms with Crippen molar-refractivity contribution in [3.05, 3.63) is 121 Å². The van der Waals surface area contributed by atoms with Crippen LogP contribution >= 0.6 is 11.8 Å². The highest BCUT2D eigenvalue weighted by Gasteiger charge is 2.24. The summed E-state index contributed by atoms with van der Waals surface area (Å²) in [6.45, 7) is 0. The first-order valence-corrected chi connectivity index (χ1v) is 11.9. The monoisotopic (exact) mass is 453 g/mol. The van der Waals surface area contributed by atoms with E-state index in [0.717, 1.165) is 28.1 Å². The topological polar surface area (TPSA) is 39.9 Å². The summed E-state index contributed by atoms with van der Waals surface area (Å²) in [5, 5.41) is 9.32. The van der Waals surface area contributed by atoms with Crippen molar-refractivity contribution >= 4 is 28.8 Å². The van der Waals surface area contributed by atoms with Gasteiger partial charge in [-0.3, -0.25) is 0 Å². The molecule has 0 fully saturated rings. The summed E-state index contributed by atoms with van der Waals surface area (Å²) < 4.78 is 0. The summed E-state index contributed by atoms with van der Waals surface area (Å²) in [6.07, 6.45) is 0. The summed E-state index contributed by atoms with van der Waals surface area (Å²) in [7, 11) is 0. The van der Waals surface area contributed by atoms with Crippen LogP contribution in [0.2, 0.25) is 0 Å². The lowest BCUT2D eigenvalue weighted by atomic mass is 9.96. The van der Waals surface area contributed by atoms with E-state index in [1.54, 1.807) is 6.07 Å². The summed E-state index contributed by atoms with van der Waals surface area (Å²) >= 11 is 1.81. The average Bonchev–Trinajstić information content (AvgIpc) is 2.92. The minimum Gasteiger partial charge on any atom is -0.308 e. The molecular weight excluding hydrogens is 434 g/mol. The molecule has 4 heteroatoms. The second kappa shape index (κ2) is 8.55. The molecule has 0 bridgehead atoms. The highest BCUT2D eigenvalue weighted by Crippen LogP contribution is 2.51. The van der Waals surface area contributed by atoms with Crippen molar-refractivity contribution in [1.29, 1.82) is 5.26 Å². The minimum absolute atomic E-state index is 0.417. The van der Waals surface area contributed by atoms with Crippen molar-refractivity contribution in [2.45, 2.75) is 9.79 Å². The number of aromatic nitrogens is 1. The zero-order valence-corrected chi connectivity index (χ0v) is 19.0. The fraction of sp³-hybridized carbons (Fsp3) is 0. The summed E-state index contributed by atoms with van der Waals surface area (Å²) in [4.78, 5) is 9.36. The third-order valence-electron chi connectivity index (χ3n) is 5.91. The fourth-order valence-corrected chi connectivity index (χ4v) is 5.46. The SMILES string of the molecule is N#Cc1cccc(-c2ccccc2-c2cccc(N3c4ccccc4Sc4ccccc43)c2)n1. The van der Waals surface area contributed by atoms with Gasteiger partial charge in [0.2, 0.25) is 0 Å². The van der Waals surface area contributed by atoms with E-state index in [-0.39, 0.29) is 0 Å². The van der Waals surface area contributed by atoms with Crippen molar-refractivity contribution in [1.82, 2.24) is 4.98 Å². The predicted molar refractivity (Wildman–Crippen MR) is 139 cm³/mol. The molecule has 2 heterocycles. The van der Waals surface area contributed by atoms with Gasteiger partial charge in [-0.05, 0) is 59.7 Å². The van der Waals surface area contributed by atoms with Gasteiger partial charge in [-0.25, -0.2) is 4.98 Å². The molecule has 0 amide bonds. The number of fused-ring (bicyclic) bond motifs is 2. The van der Waals surface area contributed by atoms with Crippen LogP contribution in [0, 0.1) is 11.3 Å². The van der Waals surface area contributed by atoms with E-state index in [0.29, 0.717) is 5.69 Å². The highest BCUT2D eigenvalue weighted by molar-refractivity contribution is 7.99. The molecule has 1 aliphatic heterocycles. The standard InChI is InChI=1S/C30H19N3S/c31-20-22-10-8-14-26(32-22)25-13-2-1-12-24(25)21-9-7-11-23(19-21)33-27-15-3-5-17-29(27)34-30-18-6-4-16-28(30)33/h1-19H. The molecule has 0 spiro atoms. The third kappa shape index (κ3) is 3.53. The van der Waals surface area contributed by atoms with Gasteiger partial charge in [0.25, 0.3) is 0 Å². The Balaban J connectivity index is 1.50. The molecule has 160 valence electrons. The molecule has 0 saturated carbocycles. The Hall–Kier alpha value is -4.33. The van der Waals surface area contributed by atoms with E-state index < -0.39 is 0 Å². The lowest BCUT2D eigenvalue weighted by Crippen LogP contribution is -2.14. The van der Waals surface area contributed by atoms with Crippen LogP contribution in [0.4, 0.5) is 17.1 Å². The Morgan fingerprint density at radius 1 is 0.647 bits per heavy atom. The van der Waals surface area contributed by atoms with Gasteiger partial charge >= 0.3 is 0 Å². The molecule has 0 aliphatic carbocycles. The molecule has 34 heavy (non-hydrogen) atoms. The largest absolute Gasteiger partial charge is 0.308 e. The van der Waals surface area contributed by atoms with Crippen LogP contribution in [0.25, 0.3) is 22.4 Å². The lowest BCUT2D eigenvalue weighted by molar-refractivity contribution is 1.17. The summed E-state index contributed by atoms with van der Waals surface area (Å²) in [6, 6.07) is 41.6. The molecule has 5 aromatic rings. The van der Waals surface area contributed by atoms with E-state index in [1.807, 2.05) is 36.0 Å².